The summed E-state index contributed by atoms with van der Waals surface area (Å²) < 4.78 is 4.71. The highest BCUT2D eigenvalue weighted by Gasteiger charge is 2.15. The number of benzene rings is 1. The summed E-state index contributed by atoms with van der Waals surface area (Å²) in [7, 11) is 0. The number of anilines is 1. The van der Waals surface area contributed by atoms with Gasteiger partial charge in [-0.3, -0.25) is 0 Å². The molecule has 0 atom stereocenters. The van der Waals surface area contributed by atoms with Gasteiger partial charge in [0, 0.05) is 5.02 Å². The van der Waals surface area contributed by atoms with Gasteiger partial charge in [0.1, 0.15) is 0 Å². The topological polar surface area (TPSA) is 53.3 Å². The number of ether oxygens (including phenoxy) is 1. The molecule has 0 N–H and O–H groups in total. The highest BCUT2D eigenvalue weighted by molar-refractivity contribution is 6.30. The van der Waals surface area contributed by atoms with Crippen molar-refractivity contribution in [2.75, 3.05) is 11.5 Å². The standard InChI is InChI=1S/C10H9ClN2O2/c1-2-15-10(14)13(7-12)9-5-3-8(11)4-6-9/h3-6H,2H2,1H3. The highest BCUT2D eigenvalue weighted by atomic mass is 35.5. The van der Waals surface area contributed by atoms with E-state index in [1.54, 1.807) is 37.4 Å². The molecule has 0 heterocycles. The van der Waals surface area contributed by atoms with Crippen LogP contribution in [0.15, 0.2) is 24.3 Å². The fraction of sp³-hybridized carbons (Fsp3) is 0.200. The van der Waals surface area contributed by atoms with E-state index >= 15 is 0 Å². The van der Waals surface area contributed by atoms with Crippen LogP contribution in [-0.4, -0.2) is 12.7 Å². The lowest BCUT2D eigenvalue weighted by Gasteiger charge is -2.12. The second kappa shape index (κ2) is 5.23. The number of carbonyl (C=O) groups excluding carboxylic acids is 1. The van der Waals surface area contributed by atoms with Gasteiger partial charge in [0.15, 0.2) is 6.19 Å². The average molecular weight is 225 g/mol. The Labute approximate surface area is 92.6 Å². The fourth-order valence-electron chi connectivity index (χ4n) is 0.982. The van der Waals surface area contributed by atoms with E-state index in [0.717, 1.165) is 4.90 Å². The van der Waals surface area contributed by atoms with Crippen LogP contribution in [-0.2, 0) is 4.74 Å². The molecule has 0 saturated carbocycles. The van der Waals surface area contributed by atoms with E-state index in [-0.39, 0.29) is 6.61 Å². The number of carbonyl (C=O) groups is 1. The second-order valence-electron chi connectivity index (χ2n) is 2.61. The lowest BCUT2D eigenvalue weighted by atomic mass is 10.3. The Balaban J connectivity index is 2.89. The van der Waals surface area contributed by atoms with Crippen LogP contribution in [0.5, 0.6) is 0 Å². The zero-order chi connectivity index (χ0) is 11.3. The van der Waals surface area contributed by atoms with Crippen LogP contribution < -0.4 is 4.90 Å². The highest BCUT2D eigenvalue weighted by Crippen LogP contribution is 2.18. The molecule has 0 aromatic heterocycles. The molecule has 15 heavy (non-hydrogen) atoms. The number of nitriles is 1. The van der Waals surface area contributed by atoms with Gasteiger partial charge in [-0.15, -0.1) is 0 Å². The maximum Gasteiger partial charge on any atom is 0.427 e. The molecule has 0 bridgehead atoms. The van der Waals surface area contributed by atoms with Gasteiger partial charge in [0.2, 0.25) is 0 Å². The Morgan fingerprint density at radius 2 is 2.13 bits per heavy atom. The third-order valence-corrected chi connectivity index (χ3v) is 1.89. The number of hydrogen-bond donors (Lipinski definition) is 0. The summed E-state index contributed by atoms with van der Waals surface area (Å²) in [6, 6.07) is 6.34. The molecule has 1 rings (SSSR count). The maximum absolute atomic E-state index is 11.3. The van der Waals surface area contributed by atoms with Gasteiger partial charge >= 0.3 is 6.09 Å². The van der Waals surface area contributed by atoms with Crippen molar-refractivity contribution >= 4 is 23.4 Å². The van der Waals surface area contributed by atoms with E-state index in [1.807, 2.05) is 0 Å². The summed E-state index contributed by atoms with van der Waals surface area (Å²) in [5, 5.41) is 9.33. The molecule has 0 fully saturated rings. The Kier molecular flexibility index (Phi) is 3.95. The van der Waals surface area contributed by atoms with Gasteiger partial charge in [0.05, 0.1) is 12.3 Å². The number of amides is 1. The summed E-state index contributed by atoms with van der Waals surface area (Å²) in [6.07, 6.45) is 1.05. The molecular formula is C10H9ClN2O2. The number of halogens is 1. The molecular weight excluding hydrogens is 216 g/mol. The quantitative estimate of drug-likeness (QED) is 0.573. The first-order chi connectivity index (χ1) is 7.19. The lowest BCUT2D eigenvalue weighted by Crippen LogP contribution is -2.26. The first kappa shape index (κ1) is 11.3. The van der Waals surface area contributed by atoms with E-state index in [2.05, 4.69) is 0 Å². The van der Waals surface area contributed by atoms with Gasteiger partial charge in [-0.05, 0) is 31.2 Å². The van der Waals surface area contributed by atoms with E-state index in [0.29, 0.717) is 10.7 Å². The van der Waals surface area contributed by atoms with Crippen LogP contribution >= 0.6 is 11.6 Å². The number of hydrogen-bond acceptors (Lipinski definition) is 3. The summed E-state index contributed by atoms with van der Waals surface area (Å²) in [5.41, 5.74) is 0.431. The Morgan fingerprint density at radius 3 is 2.60 bits per heavy atom. The van der Waals surface area contributed by atoms with E-state index < -0.39 is 6.09 Å². The van der Waals surface area contributed by atoms with Crippen LogP contribution in [0, 0.1) is 11.5 Å². The predicted molar refractivity (Wildman–Crippen MR) is 56.6 cm³/mol. The van der Waals surface area contributed by atoms with Crippen molar-refractivity contribution < 1.29 is 9.53 Å². The molecule has 0 aliphatic rings. The summed E-state index contributed by atoms with van der Waals surface area (Å²) >= 11 is 5.68. The van der Waals surface area contributed by atoms with Crippen LogP contribution in [0.25, 0.3) is 0 Å². The van der Waals surface area contributed by atoms with Crippen molar-refractivity contribution in [3.8, 4) is 6.19 Å². The Bertz CT molecular complexity index is 383. The summed E-state index contributed by atoms with van der Waals surface area (Å²) in [4.78, 5) is 12.2. The van der Waals surface area contributed by atoms with Gasteiger partial charge < -0.3 is 4.74 Å². The van der Waals surface area contributed by atoms with Crippen molar-refractivity contribution in [1.82, 2.24) is 0 Å². The van der Waals surface area contributed by atoms with Gasteiger partial charge in [-0.1, -0.05) is 11.6 Å². The molecule has 1 aromatic rings. The molecule has 0 aliphatic heterocycles. The summed E-state index contributed by atoms with van der Waals surface area (Å²) in [6.45, 7) is 1.90. The van der Waals surface area contributed by atoms with E-state index in [1.165, 1.54) is 0 Å². The second-order valence-corrected chi connectivity index (χ2v) is 3.05. The van der Waals surface area contributed by atoms with E-state index in [4.69, 9.17) is 21.6 Å². The molecule has 0 radical (unpaired) electrons. The molecule has 0 aliphatic carbocycles. The van der Waals surface area contributed by atoms with Crippen molar-refractivity contribution in [2.45, 2.75) is 6.92 Å². The Hall–Kier alpha value is -1.73. The van der Waals surface area contributed by atoms with Crippen LogP contribution in [0.2, 0.25) is 5.02 Å². The van der Waals surface area contributed by atoms with E-state index in [9.17, 15) is 4.79 Å². The smallest absolute Gasteiger partial charge is 0.427 e. The fourth-order valence-corrected chi connectivity index (χ4v) is 1.11. The number of rotatable bonds is 2. The minimum absolute atomic E-state index is 0.227. The minimum atomic E-state index is -0.692. The zero-order valence-corrected chi connectivity index (χ0v) is 8.86. The molecule has 1 amide bonds. The third-order valence-electron chi connectivity index (χ3n) is 1.64. The largest absolute Gasteiger partial charge is 0.449 e. The monoisotopic (exact) mass is 224 g/mol. The molecule has 0 saturated heterocycles. The van der Waals surface area contributed by atoms with Gasteiger partial charge in [-0.25, -0.2) is 4.79 Å². The molecule has 0 unspecified atom stereocenters. The van der Waals surface area contributed by atoms with Crippen LogP contribution in [0.1, 0.15) is 6.92 Å². The molecule has 0 spiro atoms. The molecule has 4 nitrogen and oxygen atoms in total. The maximum atomic E-state index is 11.3. The van der Waals surface area contributed by atoms with Crippen LogP contribution in [0.3, 0.4) is 0 Å². The number of nitrogens with zero attached hydrogens (tertiary/aromatic N) is 2. The molecule has 78 valence electrons. The summed E-state index contributed by atoms with van der Waals surface area (Å²) in [5.74, 6) is 0. The molecule has 1 aromatic carbocycles. The van der Waals surface area contributed by atoms with Crippen molar-refractivity contribution in [1.29, 1.82) is 5.26 Å². The first-order valence-corrected chi connectivity index (χ1v) is 4.69. The van der Waals surface area contributed by atoms with Crippen molar-refractivity contribution in [3.05, 3.63) is 29.3 Å². The zero-order valence-electron chi connectivity index (χ0n) is 8.11. The third kappa shape index (κ3) is 2.86. The molecule has 5 heteroatoms. The van der Waals surface area contributed by atoms with Gasteiger partial charge in [0.25, 0.3) is 0 Å². The Morgan fingerprint density at radius 1 is 1.53 bits per heavy atom. The SMILES string of the molecule is CCOC(=O)N(C#N)c1ccc(Cl)cc1. The minimum Gasteiger partial charge on any atom is -0.449 e. The predicted octanol–water partition coefficient (Wildman–Crippen LogP) is 2.78. The normalized spacial score (nSPS) is 9.13. The van der Waals surface area contributed by atoms with Crippen LogP contribution in [0.4, 0.5) is 10.5 Å². The van der Waals surface area contributed by atoms with Crippen molar-refractivity contribution in [2.24, 2.45) is 0 Å². The van der Waals surface area contributed by atoms with Crippen molar-refractivity contribution in [3.63, 3.8) is 0 Å². The lowest BCUT2D eigenvalue weighted by molar-refractivity contribution is 0.163. The first-order valence-electron chi connectivity index (χ1n) is 4.31. The average Bonchev–Trinajstić information content (AvgIpc) is 2.22. The van der Waals surface area contributed by atoms with Gasteiger partial charge in [-0.2, -0.15) is 10.2 Å².